The smallest absolute Gasteiger partial charge is 0.106 e. The molecule has 0 saturated carbocycles. The van der Waals surface area contributed by atoms with Crippen LogP contribution in [-0.4, -0.2) is 13.9 Å². The maximum Gasteiger partial charge on any atom is 0.106 e. The molecule has 0 aliphatic heterocycles. The number of furan rings is 1. The molecule has 2 aromatic rings. The lowest BCUT2D eigenvalue weighted by molar-refractivity contribution is 0.175. The van der Waals surface area contributed by atoms with Gasteiger partial charge in [-0.25, -0.2) is 0 Å². The SMILES string of the molecule is Cc1occc1C(O)Cc1cnsn1. The highest BCUT2D eigenvalue weighted by Crippen LogP contribution is 2.21. The Kier molecular flexibility index (Phi) is 2.60. The van der Waals surface area contributed by atoms with Gasteiger partial charge in [-0.3, -0.25) is 0 Å². The molecule has 0 bridgehead atoms. The van der Waals surface area contributed by atoms with E-state index in [0.717, 1.165) is 28.7 Å². The van der Waals surface area contributed by atoms with E-state index in [-0.39, 0.29) is 0 Å². The number of nitrogens with zero attached hydrogens (tertiary/aromatic N) is 2. The van der Waals surface area contributed by atoms with Crippen molar-refractivity contribution < 1.29 is 9.52 Å². The molecular formula is C9H10N2O2S. The van der Waals surface area contributed by atoms with E-state index in [2.05, 4.69) is 8.75 Å². The fraction of sp³-hybridized carbons (Fsp3) is 0.333. The van der Waals surface area contributed by atoms with Crippen molar-refractivity contribution in [2.75, 3.05) is 0 Å². The van der Waals surface area contributed by atoms with Gasteiger partial charge in [-0.15, -0.1) is 0 Å². The monoisotopic (exact) mass is 210 g/mol. The molecule has 74 valence electrons. The first-order valence-corrected chi connectivity index (χ1v) is 4.99. The average Bonchev–Trinajstić information content (AvgIpc) is 2.75. The highest BCUT2D eigenvalue weighted by molar-refractivity contribution is 6.99. The zero-order valence-corrected chi connectivity index (χ0v) is 8.49. The molecule has 0 saturated heterocycles. The van der Waals surface area contributed by atoms with Gasteiger partial charge in [0, 0.05) is 12.0 Å². The second-order valence-corrected chi connectivity index (χ2v) is 3.61. The van der Waals surface area contributed by atoms with Crippen molar-refractivity contribution >= 4 is 11.7 Å². The quantitative estimate of drug-likeness (QED) is 0.837. The van der Waals surface area contributed by atoms with E-state index in [0.29, 0.717) is 6.42 Å². The number of hydrogen-bond donors (Lipinski definition) is 1. The van der Waals surface area contributed by atoms with Crippen LogP contribution in [0.3, 0.4) is 0 Å². The maximum atomic E-state index is 9.84. The van der Waals surface area contributed by atoms with Gasteiger partial charge in [-0.2, -0.15) is 8.75 Å². The van der Waals surface area contributed by atoms with E-state index < -0.39 is 6.10 Å². The number of aromatic nitrogens is 2. The highest BCUT2D eigenvalue weighted by atomic mass is 32.1. The van der Waals surface area contributed by atoms with Gasteiger partial charge >= 0.3 is 0 Å². The second kappa shape index (κ2) is 3.89. The van der Waals surface area contributed by atoms with E-state index in [4.69, 9.17) is 4.42 Å². The van der Waals surface area contributed by atoms with E-state index >= 15 is 0 Å². The second-order valence-electron chi connectivity index (χ2n) is 3.05. The lowest BCUT2D eigenvalue weighted by atomic mass is 10.1. The van der Waals surface area contributed by atoms with Crippen LogP contribution < -0.4 is 0 Å². The van der Waals surface area contributed by atoms with Gasteiger partial charge in [0.05, 0.1) is 36.0 Å². The van der Waals surface area contributed by atoms with Crippen molar-refractivity contribution in [3.8, 4) is 0 Å². The molecule has 0 spiro atoms. The van der Waals surface area contributed by atoms with Gasteiger partial charge in [0.25, 0.3) is 0 Å². The van der Waals surface area contributed by atoms with Crippen molar-refractivity contribution in [2.24, 2.45) is 0 Å². The molecule has 0 aliphatic carbocycles. The summed E-state index contributed by atoms with van der Waals surface area (Å²) >= 11 is 1.15. The third-order valence-electron chi connectivity index (χ3n) is 2.07. The molecular weight excluding hydrogens is 200 g/mol. The summed E-state index contributed by atoms with van der Waals surface area (Å²) in [5, 5.41) is 9.84. The Labute approximate surface area is 85.5 Å². The lowest BCUT2D eigenvalue weighted by Gasteiger charge is -2.06. The van der Waals surface area contributed by atoms with E-state index in [9.17, 15) is 5.11 Å². The number of aliphatic hydroxyl groups excluding tert-OH is 1. The molecule has 1 unspecified atom stereocenters. The molecule has 4 nitrogen and oxygen atoms in total. The fourth-order valence-corrected chi connectivity index (χ4v) is 1.77. The molecule has 0 amide bonds. The highest BCUT2D eigenvalue weighted by Gasteiger charge is 2.14. The van der Waals surface area contributed by atoms with Crippen molar-refractivity contribution in [3.63, 3.8) is 0 Å². The predicted octanol–water partition coefficient (Wildman–Crippen LogP) is 1.72. The minimum atomic E-state index is -0.558. The Morgan fingerprint density at radius 3 is 3.07 bits per heavy atom. The number of aliphatic hydroxyl groups is 1. The standard InChI is InChI=1S/C9H10N2O2S/c1-6-8(2-3-13-6)9(12)4-7-5-10-14-11-7/h2-3,5,9,12H,4H2,1H3. The molecule has 0 aliphatic rings. The topological polar surface area (TPSA) is 59.2 Å². The van der Waals surface area contributed by atoms with Crippen LogP contribution in [0.2, 0.25) is 0 Å². The third-order valence-corrected chi connectivity index (χ3v) is 2.58. The minimum Gasteiger partial charge on any atom is -0.469 e. The minimum absolute atomic E-state index is 0.483. The van der Waals surface area contributed by atoms with Crippen molar-refractivity contribution in [1.82, 2.24) is 8.75 Å². The maximum absolute atomic E-state index is 9.84. The number of rotatable bonds is 3. The van der Waals surface area contributed by atoms with Gasteiger partial charge in [0.15, 0.2) is 0 Å². The van der Waals surface area contributed by atoms with Crippen LogP contribution in [0.5, 0.6) is 0 Å². The zero-order chi connectivity index (χ0) is 9.97. The van der Waals surface area contributed by atoms with Gasteiger partial charge in [-0.05, 0) is 13.0 Å². The van der Waals surface area contributed by atoms with E-state index in [1.54, 1.807) is 18.5 Å². The lowest BCUT2D eigenvalue weighted by Crippen LogP contribution is -2.01. The Bertz CT molecular complexity index is 397. The molecule has 5 heteroatoms. The van der Waals surface area contributed by atoms with Crippen LogP contribution in [-0.2, 0) is 6.42 Å². The third kappa shape index (κ3) is 1.83. The van der Waals surface area contributed by atoms with Gasteiger partial charge in [0.2, 0.25) is 0 Å². The van der Waals surface area contributed by atoms with E-state index in [1.165, 1.54) is 0 Å². The molecule has 14 heavy (non-hydrogen) atoms. The number of aryl methyl sites for hydroxylation is 1. The molecule has 0 radical (unpaired) electrons. The largest absolute Gasteiger partial charge is 0.469 e. The van der Waals surface area contributed by atoms with Gasteiger partial charge in [-0.1, -0.05) is 0 Å². The Morgan fingerprint density at radius 1 is 1.64 bits per heavy atom. The Balaban J connectivity index is 2.10. The summed E-state index contributed by atoms with van der Waals surface area (Å²) in [6.45, 7) is 1.83. The molecule has 0 aromatic carbocycles. The van der Waals surface area contributed by atoms with Crippen LogP contribution >= 0.6 is 11.7 Å². The summed E-state index contributed by atoms with van der Waals surface area (Å²) in [6, 6.07) is 1.78. The number of hydrogen-bond acceptors (Lipinski definition) is 5. The van der Waals surface area contributed by atoms with Crippen LogP contribution in [0.15, 0.2) is 22.9 Å². The first-order valence-electron chi connectivity index (χ1n) is 4.26. The summed E-state index contributed by atoms with van der Waals surface area (Å²) < 4.78 is 13.0. The van der Waals surface area contributed by atoms with Crippen molar-refractivity contribution in [2.45, 2.75) is 19.4 Å². The van der Waals surface area contributed by atoms with Crippen molar-refractivity contribution in [3.05, 3.63) is 35.5 Å². The first-order chi connectivity index (χ1) is 6.77. The predicted molar refractivity (Wildman–Crippen MR) is 52.0 cm³/mol. The zero-order valence-electron chi connectivity index (χ0n) is 7.67. The van der Waals surface area contributed by atoms with Gasteiger partial charge < -0.3 is 9.52 Å². The van der Waals surface area contributed by atoms with Crippen LogP contribution in [0.4, 0.5) is 0 Å². The summed E-state index contributed by atoms with van der Waals surface area (Å²) in [4.78, 5) is 0. The Morgan fingerprint density at radius 2 is 2.50 bits per heavy atom. The van der Waals surface area contributed by atoms with Crippen molar-refractivity contribution in [1.29, 1.82) is 0 Å². The molecule has 2 aromatic heterocycles. The van der Waals surface area contributed by atoms with Crippen LogP contribution in [0, 0.1) is 6.92 Å². The van der Waals surface area contributed by atoms with Crippen LogP contribution in [0.25, 0.3) is 0 Å². The average molecular weight is 210 g/mol. The molecule has 2 heterocycles. The molecule has 1 N–H and O–H groups in total. The molecule has 0 fully saturated rings. The van der Waals surface area contributed by atoms with E-state index in [1.807, 2.05) is 6.92 Å². The Hall–Kier alpha value is -1.20. The molecule has 2 rings (SSSR count). The summed E-state index contributed by atoms with van der Waals surface area (Å²) in [7, 11) is 0. The van der Waals surface area contributed by atoms with Gasteiger partial charge in [0.1, 0.15) is 5.76 Å². The summed E-state index contributed by atoms with van der Waals surface area (Å²) in [6.07, 6.45) is 3.17. The normalized spacial score (nSPS) is 13.0. The summed E-state index contributed by atoms with van der Waals surface area (Å²) in [5.41, 5.74) is 1.63. The van der Waals surface area contributed by atoms with Crippen LogP contribution in [0.1, 0.15) is 23.1 Å². The molecule has 1 atom stereocenters. The fourth-order valence-electron chi connectivity index (χ4n) is 1.32. The summed E-state index contributed by atoms with van der Waals surface area (Å²) in [5.74, 6) is 0.751. The first kappa shape index (κ1) is 9.36.